The van der Waals surface area contributed by atoms with Crippen molar-refractivity contribution in [2.45, 2.75) is 19.9 Å². The summed E-state index contributed by atoms with van der Waals surface area (Å²) in [7, 11) is 0. The highest BCUT2D eigenvalue weighted by molar-refractivity contribution is 6.35. The molecule has 0 aliphatic carbocycles. The van der Waals surface area contributed by atoms with E-state index in [4.69, 9.17) is 21.4 Å². The number of halogens is 1. The smallest absolute Gasteiger partial charge is 0.308 e. The Bertz CT molecular complexity index is 732. The molecule has 23 heavy (non-hydrogen) atoms. The third kappa shape index (κ3) is 4.13. The molecule has 1 amide bonds. The number of amides is 1. The average molecular weight is 336 g/mol. The molecule has 0 saturated heterocycles. The van der Waals surface area contributed by atoms with E-state index in [2.05, 4.69) is 5.32 Å². The van der Waals surface area contributed by atoms with Gasteiger partial charge in [0.05, 0.1) is 5.92 Å². The van der Waals surface area contributed by atoms with Crippen LogP contribution >= 0.6 is 11.6 Å². The number of aliphatic carboxylic acids is 1. The third-order valence-corrected chi connectivity index (χ3v) is 4.05. The highest BCUT2D eigenvalue weighted by Gasteiger charge is 2.21. The van der Waals surface area contributed by atoms with Crippen molar-refractivity contribution in [2.75, 3.05) is 6.61 Å². The molecule has 0 fully saturated rings. The van der Waals surface area contributed by atoms with E-state index in [1.807, 2.05) is 24.3 Å². The van der Waals surface area contributed by atoms with Gasteiger partial charge in [0.1, 0.15) is 5.75 Å². The van der Waals surface area contributed by atoms with Gasteiger partial charge in [-0.1, -0.05) is 35.9 Å². The van der Waals surface area contributed by atoms with Gasteiger partial charge in [0.25, 0.3) is 5.91 Å². The van der Waals surface area contributed by atoms with E-state index < -0.39 is 17.9 Å². The van der Waals surface area contributed by atoms with Gasteiger partial charge in [-0.2, -0.15) is 0 Å². The van der Waals surface area contributed by atoms with E-state index in [1.165, 1.54) is 0 Å². The molecule has 6 heteroatoms. The number of carboxylic acids is 1. The van der Waals surface area contributed by atoms with Gasteiger partial charge < -0.3 is 15.2 Å². The Labute approximate surface area is 139 Å². The molecule has 0 aromatic heterocycles. The zero-order chi connectivity index (χ0) is 17.0. The lowest BCUT2D eigenvalue weighted by Gasteiger charge is -2.18. The molecule has 2 rings (SSSR count). The molecule has 0 aliphatic heterocycles. The van der Waals surface area contributed by atoms with Gasteiger partial charge in [-0.15, -0.1) is 0 Å². The maximum atomic E-state index is 11.9. The van der Waals surface area contributed by atoms with E-state index >= 15 is 0 Å². The summed E-state index contributed by atoms with van der Waals surface area (Å²) < 4.78 is 5.56. The monoisotopic (exact) mass is 335 g/mol. The zero-order valence-corrected chi connectivity index (χ0v) is 13.6. The largest absolute Gasteiger partial charge is 0.483 e. The van der Waals surface area contributed by atoms with Crippen LogP contribution in [0.2, 0.25) is 5.02 Å². The average Bonchev–Trinajstić information content (AvgIpc) is 2.53. The minimum absolute atomic E-state index is 0.192. The maximum absolute atomic E-state index is 11.9. The fourth-order valence-electron chi connectivity index (χ4n) is 2.14. The van der Waals surface area contributed by atoms with Gasteiger partial charge in [0.2, 0.25) is 0 Å². The first-order valence-electron chi connectivity index (χ1n) is 7.22. The normalized spacial score (nSPS) is 13.3. The van der Waals surface area contributed by atoms with Crippen LogP contribution in [0.1, 0.15) is 13.8 Å². The van der Waals surface area contributed by atoms with Crippen LogP contribution in [0.5, 0.6) is 5.75 Å². The van der Waals surface area contributed by atoms with Crippen LogP contribution in [0.25, 0.3) is 10.8 Å². The molecule has 0 heterocycles. The van der Waals surface area contributed by atoms with Crippen molar-refractivity contribution < 1.29 is 19.4 Å². The van der Waals surface area contributed by atoms with Crippen LogP contribution in [-0.4, -0.2) is 29.6 Å². The van der Waals surface area contributed by atoms with E-state index in [9.17, 15) is 9.59 Å². The van der Waals surface area contributed by atoms with Crippen LogP contribution in [0.15, 0.2) is 36.4 Å². The number of carbonyl (C=O) groups is 2. The standard InChI is InChI=1S/C17H18ClNO4/c1-10(17(21)22)11(2)19-16(20)9-23-15-8-7-14(18)12-5-3-4-6-13(12)15/h3-8,10-11H,9H2,1-2H3,(H,19,20)(H,21,22). The molecule has 2 aromatic carbocycles. The molecule has 0 saturated carbocycles. The Balaban J connectivity index is 2.03. The lowest BCUT2D eigenvalue weighted by Crippen LogP contribution is -2.42. The number of fused-ring (bicyclic) bond motifs is 1. The number of hydrogen-bond acceptors (Lipinski definition) is 3. The van der Waals surface area contributed by atoms with Gasteiger partial charge in [-0.25, -0.2) is 0 Å². The summed E-state index contributed by atoms with van der Waals surface area (Å²) in [5.41, 5.74) is 0. The van der Waals surface area contributed by atoms with Crippen molar-refractivity contribution >= 4 is 34.2 Å². The van der Waals surface area contributed by atoms with Crippen LogP contribution in [-0.2, 0) is 9.59 Å². The minimum Gasteiger partial charge on any atom is -0.483 e. The Morgan fingerprint density at radius 2 is 1.83 bits per heavy atom. The molecule has 2 aromatic rings. The summed E-state index contributed by atoms with van der Waals surface area (Å²) in [4.78, 5) is 22.8. The number of carboxylic acid groups (broad SMARTS) is 1. The Morgan fingerprint density at radius 1 is 1.17 bits per heavy atom. The summed E-state index contributed by atoms with van der Waals surface area (Å²) in [5.74, 6) is -1.44. The van der Waals surface area contributed by atoms with Crippen LogP contribution in [0, 0.1) is 5.92 Å². The van der Waals surface area contributed by atoms with Crippen molar-refractivity contribution in [3.63, 3.8) is 0 Å². The molecule has 0 radical (unpaired) electrons. The lowest BCUT2D eigenvalue weighted by atomic mass is 10.0. The number of ether oxygens (including phenoxy) is 1. The second-order valence-corrected chi connectivity index (χ2v) is 5.77. The lowest BCUT2D eigenvalue weighted by molar-refractivity contribution is -0.142. The molecule has 2 unspecified atom stereocenters. The van der Waals surface area contributed by atoms with Gasteiger partial charge in [0, 0.05) is 21.8 Å². The summed E-state index contributed by atoms with van der Waals surface area (Å²) >= 11 is 6.13. The highest BCUT2D eigenvalue weighted by Crippen LogP contribution is 2.31. The van der Waals surface area contributed by atoms with Gasteiger partial charge >= 0.3 is 5.97 Å². The van der Waals surface area contributed by atoms with Crippen molar-refractivity contribution in [1.82, 2.24) is 5.32 Å². The Kier molecular flexibility index (Phi) is 5.45. The zero-order valence-electron chi connectivity index (χ0n) is 12.9. The Morgan fingerprint density at radius 3 is 2.48 bits per heavy atom. The molecule has 5 nitrogen and oxygen atoms in total. The molecule has 2 N–H and O–H groups in total. The number of rotatable bonds is 6. The summed E-state index contributed by atoms with van der Waals surface area (Å²) in [5, 5.41) is 13.8. The second kappa shape index (κ2) is 7.33. The van der Waals surface area contributed by atoms with Crippen molar-refractivity contribution in [3.05, 3.63) is 41.4 Å². The predicted molar refractivity (Wildman–Crippen MR) is 88.9 cm³/mol. The molecule has 0 aliphatic rings. The maximum Gasteiger partial charge on any atom is 0.308 e. The number of hydrogen-bond donors (Lipinski definition) is 2. The van der Waals surface area contributed by atoms with Crippen molar-refractivity contribution in [2.24, 2.45) is 5.92 Å². The molecule has 0 bridgehead atoms. The molecule has 122 valence electrons. The topological polar surface area (TPSA) is 75.6 Å². The molecule has 2 atom stereocenters. The first-order valence-corrected chi connectivity index (χ1v) is 7.60. The second-order valence-electron chi connectivity index (χ2n) is 5.36. The number of benzene rings is 2. The van der Waals surface area contributed by atoms with Gasteiger partial charge in [-0.3, -0.25) is 9.59 Å². The van der Waals surface area contributed by atoms with Crippen LogP contribution < -0.4 is 10.1 Å². The molecular formula is C17H18ClNO4. The minimum atomic E-state index is -0.956. The predicted octanol–water partition coefficient (Wildman–Crippen LogP) is 3.10. The summed E-state index contributed by atoms with van der Waals surface area (Å²) in [6, 6.07) is 10.4. The first kappa shape index (κ1) is 17.1. The van der Waals surface area contributed by atoms with E-state index in [0.29, 0.717) is 10.8 Å². The van der Waals surface area contributed by atoms with Crippen molar-refractivity contribution in [3.8, 4) is 5.75 Å². The molecule has 0 spiro atoms. The van der Waals surface area contributed by atoms with Gasteiger partial charge in [0.15, 0.2) is 6.61 Å². The molecular weight excluding hydrogens is 318 g/mol. The first-order chi connectivity index (χ1) is 10.9. The third-order valence-electron chi connectivity index (χ3n) is 3.72. The Hall–Kier alpha value is -2.27. The fraction of sp³-hybridized carbons (Fsp3) is 0.294. The van der Waals surface area contributed by atoms with E-state index in [1.54, 1.807) is 26.0 Å². The highest BCUT2D eigenvalue weighted by atomic mass is 35.5. The van der Waals surface area contributed by atoms with Crippen molar-refractivity contribution in [1.29, 1.82) is 0 Å². The quantitative estimate of drug-likeness (QED) is 0.850. The van der Waals surface area contributed by atoms with Crippen LogP contribution in [0.3, 0.4) is 0 Å². The summed E-state index contributed by atoms with van der Waals surface area (Å²) in [6.45, 7) is 3.00. The number of nitrogens with one attached hydrogen (secondary N) is 1. The SMILES string of the molecule is CC(NC(=O)COc1ccc(Cl)c2ccccc12)C(C)C(=O)O. The van der Waals surface area contributed by atoms with Gasteiger partial charge in [-0.05, 0) is 26.0 Å². The number of carbonyl (C=O) groups excluding carboxylic acids is 1. The fourth-order valence-corrected chi connectivity index (χ4v) is 2.37. The summed E-state index contributed by atoms with van der Waals surface area (Å²) in [6.07, 6.45) is 0. The van der Waals surface area contributed by atoms with E-state index in [0.717, 1.165) is 10.8 Å². The van der Waals surface area contributed by atoms with Crippen LogP contribution in [0.4, 0.5) is 0 Å². The van der Waals surface area contributed by atoms with E-state index in [-0.39, 0.29) is 12.5 Å².